The number of aryl methyl sites for hydroxylation is 2. The fourth-order valence-electron chi connectivity index (χ4n) is 4.01. The number of nitrogens with one attached hydrogen (secondary N) is 1. The summed E-state index contributed by atoms with van der Waals surface area (Å²) < 4.78 is 16.5. The third-order valence-corrected chi connectivity index (χ3v) is 5.55. The first kappa shape index (κ1) is 20.2. The first-order valence-electron chi connectivity index (χ1n) is 10.7. The average molecular weight is 436 g/mol. The third kappa shape index (κ3) is 4.08. The van der Waals surface area contributed by atoms with Crippen LogP contribution in [0, 0.1) is 19.8 Å². The molecule has 0 aliphatic carbocycles. The van der Waals surface area contributed by atoms with E-state index in [1.807, 2.05) is 19.1 Å². The van der Waals surface area contributed by atoms with Gasteiger partial charge in [0, 0.05) is 31.0 Å². The SMILES string of the molecule is Cc1noc(-c2cnc(C)nc2N2CCCC(C(=O)Nc3ccc4c(c3)OCCO4)C2)n1. The van der Waals surface area contributed by atoms with Crippen molar-refractivity contribution < 1.29 is 18.8 Å². The van der Waals surface area contributed by atoms with Crippen LogP contribution in [0.3, 0.4) is 0 Å². The molecule has 0 saturated carbocycles. The second kappa shape index (κ2) is 8.45. The molecule has 3 aromatic rings. The number of ether oxygens (including phenoxy) is 2. The number of carbonyl (C=O) groups excluding carboxylic acids is 1. The van der Waals surface area contributed by atoms with Gasteiger partial charge in [-0.15, -0.1) is 0 Å². The zero-order valence-corrected chi connectivity index (χ0v) is 18.0. The van der Waals surface area contributed by atoms with Crippen molar-refractivity contribution in [2.75, 3.05) is 36.5 Å². The summed E-state index contributed by atoms with van der Waals surface area (Å²) in [5, 5.41) is 6.90. The topological polar surface area (TPSA) is 116 Å². The number of nitrogens with zero attached hydrogens (tertiary/aromatic N) is 5. The van der Waals surface area contributed by atoms with Gasteiger partial charge in [0.15, 0.2) is 17.3 Å². The average Bonchev–Trinajstić information content (AvgIpc) is 3.25. The van der Waals surface area contributed by atoms with Crippen molar-refractivity contribution in [3.63, 3.8) is 0 Å². The van der Waals surface area contributed by atoms with E-state index in [-0.39, 0.29) is 11.8 Å². The fraction of sp³-hybridized carbons (Fsp3) is 0.409. The quantitative estimate of drug-likeness (QED) is 0.659. The van der Waals surface area contributed by atoms with E-state index in [9.17, 15) is 4.79 Å². The number of aromatic nitrogens is 4. The van der Waals surface area contributed by atoms with Gasteiger partial charge in [-0.3, -0.25) is 4.79 Å². The number of carbonyl (C=O) groups is 1. The molecule has 2 aromatic heterocycles. The largest absolute Gasteiger partial charge is 0.486 e. The molecular formula is C22H24N6O4. The molecule has 10 heteroatoms. The van der Waals surface area contributed by atoms with Crippen molar-refractivity contribution >= 4 is 17.4 Å². The number of amides is 1. The Hall–Kier alpha value is -3.69. The number of benzene rings is 1. The van der Waals surface area contributed by atoms with E-state index in [1.54, 1.807) is 19.2 Å². The van der Waals surface area contributed by atoms with Crippen LogP contribution in [0.4, 0.5) is 11.5 Å². The minimum Gasteiger partial charge on any atom is -0.486 e. The van der Waals surface area contributed by atoms with Crippen LogP contribution in [-0.4, -0.2) is 52.3 Å². The van der Waals surface area contributed by atoms with Gasteiger partial charge < -0.3 is 24.2 Å². The molecule has 0 spiro atoms. The van der Waals surface area contributed by atoms with Crippen LogP contribution >= 0.6 is 0 Å². The molecule has 1 fully saturated rings. The molecule has 1 saturated heterocycles. The monoisotopic (exact) mass is 436 g/mol. The van der Waals surface area contributed by atoms with Crippen molar-refractivity contribution in [3.8, 4) is 23.0 Å². The van der Waals surface area contributed by atoms with Crippen molar-refractivity contribution in [1.82, 2.24) is 20.1 Å². The van der Waals surface area contributed by atoms with E-state index in [2.05, 4.69) is 30.3 Å². The van der Waals surface area contributed by atoms with Gasteiger partial charge in [-0.05, 0) is 38.8 Å². The van der Waals surface area contributed by atoms with Gasteiger partial charge in [-0.25, -0.2) is 9.97 Å². The van der Waals surface area contributed by atoms with E-state index in [0.29, 0.717) is 65.9 Å². The summed E-state index contributed by atoms with van der Waals surface area (Å²) in [6, 6.07) is 5.45. The van der Waals surface area contributed by atoms with Gasteiger partial charge in [0.25, 0.3) is 5.89 Å². The third-order valence-electron chi connectivity index (χ3n) is 5.55. The van der Waals surface area contributed by atoms with Gasteiger partial charge in [0.05, 0.1) is 5.92 Å². The lowest BCUT2D eigenvalue weighted by Gasteiger charge is -2.33. The van der Waals surface area contributed by atoms with Gasteiger partial charge in [0.1, 0.15) is 30.4 Å². The lowest BCUT2D eigenvalue weighted by molar-refractivity contribution is -0.120. The Morgan fingerprint density at radius 3 is 2.78 bits per heavy atom. The molecule has 32 heavy (non-hydrogen) atoms. The van der Waals surface area contributed by atoms with Gasteiger partial charge in [-0.2, -0.15) is 4.98 Å². The van der Waals surface area contributed by atoms with Gasteiger partial charge in [0.2, 0.25) is 5.91 Å². The Labute approximate surface area is 185 Å². The second-order valence-electron chi connectivity index (χ2n) is 7.93. The molecule has 166 valence electrons. The van der Waals surface area contributed by atoms with Crippen molar-refractivity contribution in [2.45, 2.75) is 26.7 Å². The molecule has 0 bridgehead atoms. The molecular weight excluding hydrogens is 412 g/mol. The standard InChI is InChI=1S/C22H24N6O4/c1-13-23-11-17(22-25-14(2)27-32-22)20(24-13)28-7-3-4-15(12-28)21(29)26-16-5-6-18-19(10-16)31-9-8-30-18/h5-6,10-11,15H,3-4,7-9,12H2,1-2H3,(H,26,29). The predicted octanol–water partition coefficient (Wildman–Crippen LogP) is 2.77. The van der Waals surface area contributed by atoms with Crippen LogP contribution in [0.25, 0.3) is 11.5 Å². The smallest absolute Gasteiger partial charge is 0.263 e. The Morgan fingerprint density at radius 2 is 1.97 bits per heavy atom. The maximum absolute atomic E-state index is 13.1. The minimum atomic E-state index is -0.190. The summed E-state index contributed by atoms with van der Waals surface area (Å²) in [6.07, 6.45) is 3.36. The molecule has 4 heterocycles. The summed E-state index contributed by atoms with van der Waals surface area (Å²) in [5.41, 5.74) is 1.36. The zero-order valence-electron chi connectivity index (χ0n) is 18.0. The van der Waals surface area contributed by atoms with Crippen molar-refractivity contribution in [2.24, 2.45) is 5.92 Å². The number of anilines is 2. The van der Waals surface area contributed by atoms with E-state index < -0.39 is 0 Å². The van der Waals surface area contributed by atoms with Crippen molar-refractivity contribution in [1.29, 1.82) is 0 Å². The van der Waals surface area contributed by atoms with Crippen LogP contribution in [0.15, 0.2) is 28.9 Å². The summed E-state index contributed by atoms with van der Waals surface area (Å²) in [6.45, 7) is 5.95. The maximum atomic E-state index is 13.1. The minimum absolute atomic E-state index is 0.0349. The number of hydrogen-bond donors (Lipinski definition) is 1. The molecule has 5 rings (SSSR count). The number of rotatable bonds is 4. The predicted molar refractivity (Wildman–Crippen MR) is 116 cm³/mol. The van der Waals surface area contributed by atoms with Crippen LogP contribution < -0.4 is 19.7 Å². The highest BCUT2D eigenvalue weighted by molar-refractivity contribution is 5.93. The molecule has 1 aromatic carbocycles. The highest BCUT2D eigenvalue weighted by atomic mass is 16.6. The first-order valence-corrected chi connectivity index (χ1v) is 10.7. The Morgan fingerprint density at radius 1 is 1.12 bits per heavy atom. The second-order valence-corrected chi connectivity index (χ2v) is 7.93. The molecule has 10 nitrogen and oxygen atoms in total. The van der Waals surface area contributed by atoms with E-state index in [0.717, 1.165) is 19.4 Å². The number of hydrogen-bond acceptors (Lipinski definition) is 9. The van der Waals surface area contributed by atoms with E-state index >= 15 is 0 Å². The molecule has 1 atom stereocenters. The van der Waals surface area contributed by atoms with Gasteiger partial charge in [-0.1, -0.05) is 5.16 Å². The molecule has 1 amide bonds. The Kier molecular flexibility index (Phi) is 5.34. The summed E-state index contributed by atoms with van der Waals surface area (Å²) in [4.78, 5) is 28.4. The van der Waals surface area contributed by atoms with Crippen LogP contribution in [0.5, 0.6) is 11.5 Å². The molecule has 2 aliphatic heterocycles. The normalized spacial score (nSPS) is 17.8. The van der Waals surface area contributed by atoms with E-state index in [4.69, 9.17) is 14.0 Å². The number of fused-ring (bicyclic) bond motifs is 1. The highest BCUT2D eigenvalue weighted by Crippen LogP contribution is 2.34. The summed E-state index contributed by atoms with van der Waals surface area (Å²) >= 11 is 0. The first-order chi connectivity index (χ1) is 15.6. The highest BCUT2D eigenvalue weighted by Gasteiger charge is 2.29. The Balaban J connectivity index is 1.34. The van der Waals surface area contributed by atoms with Crippen LogP contribution in [0.2, 0.25) is 0 Å². The molecule has 1 unspecified atom stereocenters. The lowest BCUT2D eigenvalue weighted by atomic mass is 9.96. The van der Waals surface area contributed by atoms with Crippen molar-refractivity contribution in [3.05, 3.63) is 36.0 Å². The summed E-state index contributed by atoms with van der Waals surface area (Å²) in [5.74, 6) is 3.39. The number of piperidine rings is 1. The lowest BCUT2D eigenvalue weighted by Crippen LogP contribution is -2.41. The zero-order chi connectivity index (χ0) is 22.1. The van der Waals surface area contributed by atoms with Gasteiger partial charge >= 0.3 is 0 Å². The van der Waals surface area contributed by atoms with E-state index in [1.165, 1.54) is 0 Å². The van der Waals surface area contributed by atoms with Crippen LogP contribution in [0.1, 0.15) is 24.5 Å². The molecule has 1 N–H and O–H groups in total. The maximum Gasteiger partial charge on any atom is 0.263 e. The molecule has 2 aliphatic rings. The fourth-order valence-corrected chi connectivity index (χ4v) is 4.01. The Bertz CT molecular complexity index is 1150. The molecule has 0 radical (unpaired) electrons. The summed E-state index contributed by atoms with van der Waals surface area (Å²) in [7, 11) is 0. The van der Waals surface area contributed by atoms with Crippen LogP contribution in [-0.2, 0) is 4.79 Å².